The molecule has 2 aromatic rings. The van der Waals surface area contributed by atoms with Crippen LogP contribution in [0.1, 0.15) is 23.9 Å². The summed E-state index contributed by atoms with van der Waals surface area (Å²) in [5, 5.41) is 6.94. The summed E-state index contributed by atoms with van der Waals surface area (Å²) in [5.74, 6) is 0.650. The Kier molecular flexibility index (Phi) is 5.11. The van der Waals surface area contributed by atoms with Crippen LogP contribution in [0.4, 0.5) is 0 Å². The maximum absolute atomic E-state index is 12.2. The molecule has 0 aliphatic carbocycles. The number of nitrogens with one attached hydrogen (secondary N) is 2. The summed E-state index contributed by atoms with van der Waals surface area (Å²) in [7, 11) is -3.54. The third-order valence-corrected chi connectivity index (χ3v) is 4.35. The number of aryl methyl sites for hydroxylation is 1. The Morgan fingerprint density at radius 3 is 2.48 bits per heavy atom. The Morgan fingerprint density at radius 2 is 1.90 bits per heavy atom. The monoisotopic (exact) mass is 309 g/mol. The molecule has 6 nitrogen and oxygen atoms in total. The van der Waals surface area contributed by atoms with Gasteiger partial charge >= 0.3 is 0 Å². The molecule has 1 aromatic heterocycles. The van der Waals surface area contributed by atoms with Crippen LogP contribution >= 0.6 is 0 Å². The van der Waals surface area contributed by atoms with Crippen molar-refractivity contribution >= 4 is 10.0 Å². The van der Waals surface area contributed by atoms with E-state index >= 15 is 0 Å². The number of rotatable bonds is 7. The topological polar surface area (TPSA) is 84.2 Å². The molecule has 0 aliphatic heterocycles. The Morgan fingerprint density at radius 1 is 1.19 bits per heavy atom. The molecule has 0 fully saturated rings. The molecule has 21 heavy (non-hydrogen) atoms. The Labute approximate surface area is 124 Å². The van der Waals surface area contributed by atoms with Gasteiger partial charge in [0.2, 0.25) is 10.0 Å². The van der Waals surface area contributed by atoms with Crippen molar-refractivity contribution in [1.82, 2.24) is 15.2 Å². The lowest BCUT2D eigenvalue weighted by atomic mass is 10.2. The highest BCUT2D eigenvalue weighted by atomic mass is 32.2. The summed E-state index contributed by atoms with van der Waals surface area (Å²) >= 11 is 0. The number of hydrogen-bond acceptors (Lipinski definition) is 5. The van der Waals surface area contributed by atoms with Gasteiger partial charge in [-0.2, -0.15) is 0 Å². The van der Waals surface area contributed by atoms with E-state index in [0.717, 1.165) is 18.7 Å². The molecule has 0 radical (unpaired) electrons. The molecule has 0 saturated heterocycles. The van der Waals surface area contributed by atoms with E-state index in [1.165, 1.54) is 0 Å². The van der Waals surface area contributed by atoms with Gasteiger partial charge in [0, 0.05) is 12.6 Å². The standard InChI is InChI=1S/C14H19N3O3S/c1-3-15-9-12-4-6-14(7-5-12)21(18,19)16-10-13-8-11(2)20-17-13/h4-8,15-16H,3,9-10H2,1-2H3. The molecule has 0 aliphatic rings. The van der Waals surface area contributed by atoms with E-state index in [1.807, 2.05) is 6.92 Å². The average Bonchev–Trinajstić information content (AvgIpc) is 2.89. The number of aromatic nitrogens is 1. The molecular formula is C14H19N3O3S. The van der Waals surface area contributed by atoms with Crippen LogP contribution in [0.25, 0.3) is 0 Å². The van der Waals surface area contributed by atoms with Gasteiger partial charge in [0.25, 0.3) is 0 Å². The molecule has 0 bridgehead atoms. The zero-order valence-corrected chi connectivity index (χ0v) is 12.9. The Hall–Kier alpha value is -1.70. The van der Waals surface area contributed by atoms with Gasteiger partial charge in [0.15, 0.2) is 0 Å². The first-order valence-corrected chi connectivity index (χ1v) is 8.21. The predicted molar refractivity (Wildman–Crippen MR) is 79.1 cm³/mol. The van der Waals surface area contributed by atoms with Crippen LogP contribution in [0.2, 0.25) is 0 Å². The lowest BCUT2D eigenvalue weighted by Gasteiger charge is -2.07. The molecule has 0 unspecified atom stereocenters. The molecule has 2 rings (SSSR count). The van der Waals surface area contributed by atoms with Crippen LogP contribution in [0.15, 0.2) is 39.8 Å². The van der Waals surface area contributed by atoms with Gasteiger partial charge in [-0.1, -0.05) is 24.2 Å². The third-order valence-electron chi connectivity index (χ3n) is 2.93. The van der Waals surface area contributed by atoms with Crippen LogP contribution < -0.4 is 10.0 Å². The first-order valence-electron chi connectivity index (χ1n) is 6.73. The normalized spacial score (nSPS) is 11.7. The highest BCUT2D eigenvalue weighted by Gasteiger charge is 2.14. The minimum atomic E-state index is -3.54. The molecule has 0 amide bonds. The molecule has 0 spiro atoms. The molecule has 0 saturated carbocycles. The second-order valence-electron chi connectivity index (χ2n) is 4.68. The van der Waals surface area contributed by atoms with Gasteiger partial charge in [0.05, 0.1) is 17.1 Å². The molecule has 2 N–H and O–H groups in total. The predicted octanol–water partition coefficient (Wildman–Crippen LogP) is 1.57. The highest BCUT2D eigenvalue weighted by Crippen LogP contribution is 2.11. The van der Waals surface area contributed by atoms with Crippen LogP contribution in [0.5, 0.6) is 0 Å². The number of benzene rings is 1. The highest BCUT2D eigenvalue weighted by molar-refractivity contribution is 7.89. The van der Waals surface area contributed by atoms with Gasteiger partial charge in [0.1, 0.15) is 5.76 Å². The number of sulfonamides is 1. The van der Waals surface area contributed by atoms with Crippen molar-refractivity contribution in [2.24, 2.45) is 0 Å². The quantitative estimate of drug-likeness (QED) is 0.811. The van der Waals surface area contributed by atoms with E-state index in [4.69, 9.17) is 4.52 Å². The van der Waals surface area contributed by atoms with Gasteiger partial charge in [-0.25, -0.2) is 13.1 Å². The Bertz CT molecular complexity index is 678. The molecule has 7 heteroatoms. The van der Waals surface area contributed by atoms with Crippen LogP contribution in [-0.2, 0) is 23.1 Å². The fourth-order valence-electron chi connectivity index (χ4n) is 1.81. The minimum Gasteiger partial charge on any atom is -0.361 e. The smallest absolute Gasteiger partial charge is 0.240 e. The van der Waals surface area contributed by atoms with E-state index in [1.54, 1.807) is 37.3 Å². The lowest BCUT2D eigenvalue weighted by molar-refractivity contribution is 0.390. The lowest BCUT2D eigenvalue weighted by Crippen LogP contribution is -2.23. The van der Waals surface area contributed by atoms with Crippen molar-refractivity contribution in [3.63, 3.8) is 0 Å². The Balaban J connectivity index is 2.01. The maximum atomic E-state index is 12.2. The summed E-state index contributed by atoms with van der Waals surface area (Å²) in [6.07, 6.45) is 0. The zero-order chi connectivity index (χ0) is 15.3. The van der Waals surface area contributed by atoms with Crippen molar-refractivity contribution in [3.05, 3.63) is 47.3 Å². The summed E-state index contributed by atoms with van der Waals surface area (Å²) in [6.45, 7) is 5.49. The van der Waals surface area contributed by atoms with E-state index in [0.29, 0.717) is 11.5 Å². The van der Waals surface area contributed by atoms with Crippen LogP contribution in [-0.4, -0.2) is 20.1 Å². The first-order chi connectivity index (χ1) is 10.0. The summed E-state index contributed by atoms with van der Waals surface area (Å²) in [6, 6.07) is 8.50. The summed E-state index contributed by atoms with van der Waals surface area (Å²) in [5.41, 5.74) is 1.60. The van der Waals surface area contributed by atoms with Crippen LogP contribution in [0, 0.1) is 6.92 Å². The van der Waals surface area contributed by atoms with Crippen molar-refractivity contribution < 1.29 is 12.9 Å². The van der Waals surface area contributed by atoms with Gasteiger partial charge < -0.3 is 9.84 Å². The summed E-state index contributed by atoms with van der Waals surface area (Å²) < 4.78 is 31.7. The largest absolute Gasteiger partial charge is 0.361 e. The first kappa shape index (κ1) is 15.7. The molecule has 0 atom stereocenters. The van der Waals surface area contributed by atoms with Gasteiger partial charge in [-0.3, -0.25) is 0 Å². The van der Waals surface area contributed by atoms with Gasteiger partial charge in [-0.15, -0.1) is 0 Å². The van der Waals surface area contributed by atoms with E-state index < -0.39 is 10.0 Å². The minimum absolute atomic E-state index is 0.110. The molecular weight excluding hydrogens is 290 g/mol. The third kappa shape index (κ3) is 4.38. The van der Waals surface area contributed by atoms with E-state index in [9.17, 15) is 8.42 Å². The van der Waals surface area contributed by atoms with Crippen molar-refractivity contribution in [3.8, 4) is 0 Å². The molecule has 1 heterocycles. The fourth-order valence-corrected chi connectivity index (χ4v) is 2.81. The maximum Gasteiger partial charge on any atom is 0.240 e. The zero-order valence-electron chi connectivity index (χ0n) is 12.1. The van der Waals surface area contributed by atoms with Crippen molar-refractivity contribution in [2.75, 3.05) is 6.54 Å². The van der Waals surface area contributed by atoms with E-state index in [2.05, 4.69) is 15.2 Å². The van der Waals surface area contributed by atoms with Crippen molar-refractivity contribution in [1.29, 1.82) is 0 Å². The summed E-state index contributed by atoms with van der Waals surface area (Å²) in [4.78, 5) is 0.239. The fraction of sp³-hybridized carbons (Fsp3) is 0.357. The van der Waals surface area contributed by atoms with Crippen LogP contribution in [0.3, 0.4) is 0 Å². The molecule has 114 valence electrons. The SMILES string of the molecule is CCNCc1ccc(S(=O)(=O)NCc2cc(C)on2)cc1. The number of hydrogen-bond donors (Lipinski definition) is 2. The molecule has 1 aromatic carbocycles. The van der Waals surface area contributed by atoms with Gasteiger partial charge in [-0.05, 0) is 31.2 Å². The van der Waals surface area contributed by atoms with E-state index in [-0.39, 0.29) is 11.4 Å². The second kappa shape index (κ2) is 6.84. The average molecular weight is 309 g/mol. The van der Waals surface area contributed by atoms with Crippen molar-refractivity contribution in [2.45, 2.75) is 31.8 Å². The second-order valence-corrected chi connectivity index (χ2v) is 6.44. The number of nitrogens with zero attached hydrogens (tertiary/aromatic N) is 1.